The quantitative estimate of drug-likeness (QED) is 0.471. The third-order valence-electron chi connectivity index (χ3n) is 6.10. The van der Waals surface area contributed by atoms with E-state index in [1.54, 1.807) is 25.6 Å². The number of carbonyl (C=O) groups is 1. The van der Waals surface area contributed by atoms with Crippen LogP contribution in [0.5, 0.6) is 11.5 Å². The summed E-state index contributed by atoms with van der Waals surface area (Å²) in [5.74, 6) is 0.766. The van der Waals surface area contributed by atoms with Crippen LogP contribution < -0.4 is 26.5 Å². The number of fused-ring (bicyclic) bond motifs is 1. The van der Waals surface area contributed by atoms with Gasteiger partial charge in [-0.1, -0.05) is 13.0 Å². The summed E-state index contributed by atoms with van der Waals surface area (Å²) < 4.78 is 12.2. The number of anilines is 1. The Bertz CT molecular complexity index is 1310. The molecule has 0 aliphatic carbocycles. The zero-order valence-corrected chi connectivity index (χ0v) is 20.2. The van der Waals surface area contributed by atoms with Gasteiger partial charge in [-0.3, -0.25) is 24.0 Å². The molecule has 9 nitrogen and oxygen atoms in total. The molecule has 1 aliphatic rings. The van der Waals surface area contributed by atoms with Crippen LogP contribution in [0.15, 0.2) is 39.2 Å². The van der Waals surface area contributed by atoms with E-state index in [2.05, 4.69) is 4.98 Å². The molecule has 180 valence electrons. The molecule has 10 heteroatoms. The van der Waals surface area contributed by atoms with Crippen molar-refractivity contribution in [1.82, 2.24) is 14.5 Å². The number of H-pyrrole nitrogens is 1. The highest BCUT2D eigenvalue weighted by molar-refractivity contribution is 7.10. The molecule has 0 fully saturated rings. The van der Waals surface area contributed by atoms with Crippen LogP contribution in [0.2, 0.25) is 0 Å². The van der Waals surface area contributed by atoms with Gasteiger partial charge in [0.1, 0.15) is 11.4 Å². The number of nitrogens with zero attached hydrogens (tertiary/aromatic N) is 2. The number of ether oxygens (including phenoxy) is 2. The summed E-state index contributed by atoms with van der Waals surface area (Å²) in [5, 5.41) is 1.99. The number of nitrogens with two attached hydrogens (primary N) is 1. The van der Waals surface area contributed by atoms with Crippen molar-refractivity contribution >= 4 is 22.9 Å². The molecule has 1 aromatic carbocycles. The van der Waals surface area contributed by atoms with E-state index in [0.717, 1.165) is 16.0 Å². The molecule has 34 heavy (non-hydrogen) atoms. The summed E-state index contributed by atoms with van der Waals surface area (Å²) in [4.78, 5) is 43.4. The third-order valence-corrected chi connectivity index (χ3v) is 7.02. The highest BCUT2D eigenvalue weighted by atomic mass is 32.1. The first-order valence-electron chi connectivity index (χ1n) is 11.1. The number of hydrogen-bond donors (Lipinski definition) is 2. The van der Waals surface area contributed by atoms with Gasteiger partial charge in [-0.05, 0) is 47.5 Å². The van der Waals surface area contributed by atoms with Crippen LogP contribution in [-0.2, 0) is 13.0 Å². The molecule has 0 amide bonds. The summed E-state index contributed by atoms with van der Waals surface area (Å²) in [7, 11) is 3.20. The average molecular weight is 485 g/mol. The van der Waals surface area contributed by atoms with Crippen molar-refractivity contribution in [3.8, 4) is 11.5 Å². The Morgan fingerprint density at radius 3 is 2.62 bits per heavy atom. The second kappa shape index (κ2) is 9.86. The van der Waals surface area contributed by atoms with Gasteiger partial charge in [-0.2, -0.15) is 0 Å². The van der Waals surface area contributed by atoms with Crippen LogP contribution in [-0.4, -0.2) is 47.5 Å². The van der Waals surface area contributed by atoms with Gasteiger partial charge in [0.25, 0.3) is 5.56 Å². The van der Waals surface area contributed by atoms with Gasteiger partial charge in [0.2, 0.25) is 0 Å². The second-order valence-corrected chi connectivity index (χ2v) is 9.12. The van der Waals surface area contributed by atoms with Crippen molar-refractivity contribution < 1.29 is 14.3 Å². The Balaban J connectivity index is 1.74. The van der Waals surface area contributed by atoms with Gasteiger partial charge in [0.15, 0.2) is 17.3 Å². The number of aromatic amines is 1. The normalized spacial score (nSPS) is 15.7. The number of rotatable bonds is 8. The smallest absolute Gasteiger partial charge is 0.329 e. The van der Waals surface area contributed by atoms with Crippen LogP contribution in [0.25, 0.3) is 0 Å². The monoisotopic (exact) mass is 484 g/mol. The second-order valence-electron chi connectivity index (χ2n) is 8.14. The number of nitrogens with one attached hydrogen (secondary N) is 1. The highest BCUT2D eigenvalue weighted by Gasteiger charge is 2.33. The van der Waals surface area contributed by atoms with E-state index in [-0.39, 0.29) is 24.0 Å². The van der Waals surface area contributed by atoms with Crippen LogP contribution in [0.3, 0.4) is 0 Å². The van der Waals surface area contributed by atoms with Crippen molar-refractivity contribution in [3.63, 3.8) is 0 Å². The summed E-state index contributed by atoms with van der Waals surface area (Å²) in [6.45, 7) is 2.79. The fourth-order valence-electron chi connectivity index (χ4n) is 4.51. The summed E-state index contributed by atoms with van der Waals surface area (Å²) in [6, 6.07) is 7.74. The topological polar surface area (TPSA) is 120 Å². The predicted octanol–water partition coefficient (Wildman–Crippen LogP) is 2.44. The van der Waals surface area contributed by atoms with Crippen molar-refractivity contribution in [3.05, 3.63) is 72.1 Å². The standard InChI is InChI=1S/C24H28N4O5S/c1-4-8-28-22(25)20(23(30)26-24(28)31)16(29)13-27-9-7-14-11-17(32-2)18(33-3)12-15(14)21(27)19-6-5-10-34-19/h5-6,10-12,21H,4,7-9,13,25H2,1-3H3,(H,26,30,31). The fourth-order valence-corrected chi connectivity index (χ4v) is 5.39. The molecule has 0 saturated carbocycles. The SMILES string of the molecule is CCCn1c(N)c(C(=O)CN2CCc3cc(OC)c(OC)cc3C2c2cccs2)c(=O)[nH]c1=O. The molecule has 3 heterocycles. The number of benzene rings is 1. The number of hydrogen-bond acceptors (Lipinski definition) is 8. The number of aromatic nitrogens is 2. The van der Waals surface area contributed by atoms with Crippen molar-refractivity contribution in [2.24, 2.45) is 0 Å². The Morgan fingerprint density at radius 2 is 1.97 bits per heavy atom. The lowest BCUT2D eigenvalue weighted by molar-refractivity contribution is 0.0900. The minimum absolute atomic E-state index is 0.0199. The molecular weight excluding hydrogens is 456 g/mol. The lowest BCUT2D eigenvalue weighted by Crippen LogP contribution is -2.42. The molecule has 0 spiro atoms. The molecule has 0 bridgehead atoms. The maximum absolute atomic E-state index is 13.4. The number of nitrogen functional groups attached to an aromatic ring is 1. The minimum Gasteiger partial charge on any atom is -0.493 e. The molecule has 2 aromatic heterocycles. The first-order valence-corrected chi connectivity index (χ1v) is 12.0. The van der Waals surface area contributed by atoms with Gasteiger partial charge in [-0.15, -0.1) is 11.3 Å². The van der Waals surface area contributed by atoms with Crippen molar-refractivity contribution in [2.75, 3.05) is 33.0 Å². The van der Waals surface area contributed by atoms with Crippen molar-refractivity contribution in [1.29, 1.82) is 0 Å². The van der Waals surface area contributed by atoms with E-state index in [1.807, 2.05) is 41.5 Å². The molecule has 1 atom stereocenters. The highest BCUT2D eigenvalue weighted by Crippen LogP contribution is 2.42. The first-order chi connectivity index (χ1) is 16.4. The molecule has 1 aliphatic heterocycles. The van der Waals surface area contributed by atoms with E-state index in [9.17, 15) is 14.4 Å². The Labute approximate surface area is 200 Å². The van der Waals surface area contributed by atoms with E-state index >= 15 is 0 Å². The summed E-state index contributed by atoms with van der Waals surface area (Å²) >= 11 is 1.60. The predicted molar refractivity (Wildman–Crippen MR) is 131 cm³/mol. The molecule has 4 rings (SSSR count). The maximum atomic E-state index is 13.4. The molecule has 3 N–H and O–H groups in total. The largest absolute Gasteiger partial charge is 0.493 e. The lowest BCUT2D eigenvalue weighted by atomic mass is 9.90. The van der Waals surface area contributed by atoms with Gasteiger partial charge in [0, 0.05) is 18.0 Å². The zero-order valence-electron chi connectivity index (χ0n) is 19.4. The van der Waals surface area contributed by atoms with Gasteiger partial charge < -0.3 is 15.2 Å². The van der Waals surface area contributed by atoms with E-state index in [4.69, 9.17) is 15.2 Å². The Kier molecular flexibility index (Phi) is 6.90. The van der Waals surface area contributed by atoms with Gasteiger partial charge >= 0.3 is 5.69 Å². The van der Waals surface area contributed by atoms with Crippen LogP contribution >= 0.6 is 11.3 Å². The average Bonchev–Trinajstić information content (AvgIpc) is 3.35. The number of methoxy groups -OCH3 is 2. The molecule has 3 aromatic rings. The first kappa shape index (κ1) is 23.8. The van der Waals surface area contributed by atoms with Crippen molar-refractivity contribution in [2.45, 2.75) is 32.4 Å². The molecular formula is C24H28N4O5S. The number of Topliss-reactive ketones (excluding diaryl/α,β-unsaturated/α-hetero) is 1. The van der Waals surface area contributed by atoms with E-state index in [0.29, 0.717) is 37.4 Å². The number of ketones is 1. The van der Waals surface area contributed by atoms with E-state index in [1.165, 1.54) is 4.57 Å². The molecule has 0 radical (unpaired) electrons. The zero-order chi connectivity index (χ0) is 24.4. The summed E-state index contributed by atoms with van der Waals surface area (Å²) in [6.07, 6.45) is 1.34. The molecule has 1 unspecified atom stereocenters. The van der Waals surface area contributed by atoms with E-state index < -0.39 is 17.0 Å². The lowest BCUT2D eigenvalue weighted by Gasteiger charge is -2.37. The minimum atomic E-state index is -0.753. The van der Waals surface area contributed by atoms with Crippen LogP contribution in [0.4, 0.5) is 5.82 Å². The number of carbonyl (C=O) groups excluding carboxylic acids is 1. The Morgan fingerprint density at radius 1 is 1.24 bits per heavy atom. The number of thiophene rings is 1. The summed E-state index contributed by atoms with van der Waals surface area (Å²) in [5.41, 5.74) is 6.74. The maximum Gasteiger partial charge on any atom is 0.329 e. The van der Waals surface area contributed by atoms with Crippen LogP contribution in [0, 0.1) is 0 Å². The molecule has 0 saturated heterocycles. The van der Waals surface area contributed by atoms with Crippen LogP contribution in [0.1, 0.15) is 45.7 Å². The fraction of sp³-hybridized carbons (Fsp3) is 0.375. The Hall–Kier alpha value is -3.37. The third kappa shape index (κ3) is 4.26. The van der Waals surface area contributed by atoms with Gasteiger partial charge in [0.05, 0.1) is 26.8 Å². The van der Waals surface area contributed by atoms with Gasteiger partial charge in [-0.25, -0.2) is 4.79 Å².